The summed E-state index contributed by atoms with van der Waals surface area (Å²) in [4.78, 5) is 52.1. The fourth-order valence-electron chi connectivity index (χ4n) is 3.40. The quantitative estimate of drug-likeness (QED) is 0.283. The molecule has 36 heavy (non-hydrogen) atoms. The van der Waals surface area contributed by atoms with Crippen LogP contribution in [-0.4, -0.2) is 41.6 Å². The van der Waals surface area contributed by atoms with Gasteiger partial charge in [-0.3, -0.25) is 23.9 Å². The van der Waals surface area contributed by atoms with Gasteiger partial charge in [0.05, 0.1) is 13.2 Å². The zero-order chi connectivity index (χ0) is 25.9. The molecule has 10 nitrogen and oxygen atoms in total. The number of rotatable bonds is 12. The largest absolute Gasteiger partial charge is 0.383 e. The summed E-state index contributed by atoms with van der Waals surface area (Å²) < 4.78 is 19.3. The molecule has 0 saturated carbocycles. The number of amides is 2. The number of carbonyl (C=O) groups is 2. The van der Waals surface area contributed by atoms with Crippen molar-refractivity contribution >= 4 is 23.3 Å². The number of benzene rings is 2. The number of nitrogens with one attached hydrogen (secondary N) is 4. The van der Waals surface area contributed by atoms with Gasteiger partial charge >= 0.3 is 5.69 Å². The third-order valence-corrected chi connectivity index (χ3v) is 5.26. The maximum atomic E-state index is 13.0. The minimum absolute atomic E-state index is 0.0209. The average Bonchev–Trinajstić information content (AvgIpc) is 2.87. The van der Waals surface area contributed by atoms with E-state index >= 15 is 0 Å². The maximum Gasteiger partial charge on any atom is 0.330 e. The number of carbonyl (C=O) groups excluding carboxylic acids is 2. The van der Waals surface area contributed by atoms with Crippen LogP contribution in [0.4, 0.5) is 15.9 Å². The molecule has 0 spiro atoms. The third-order valence-electron chi connectivity index (χ3n) is 5.26. The van der Waals surface area contributed by atoms with Gasteiger partial charge in [0.2, 0.25) is 5.91 Å². The number of aromatic amines is 1. The van der Waals surface area contributed by atoms with Crippen molar-refractivity contribution in [1.29, 1.82) is 0 Å². The average molecular weight is 498 g/mol. The van der Waals surface area contributed by atoms with Crippen LogP contribution in [-0.2, 0) is 22.6 Å². The molecule has 0 saturated heterocycles. The molecule has 1 heterocycles. The van der Waals surface area contributed by atoms with E-state index in [-0.39, 0.29) is 43.5 Å². The van der Waals surface area contributed by atoms with Crippen molar-refractivity contribution < 1.29 is 18.7 Å². The summed E-state index contributed by atoms with van der Waals surface area (Å²) in [6.45, 7) is 0.789. The van der Waals surface area contributed by atoms with Crippen molar-refractivity contribution in [3.05, 3.63) is 92.4 Å². The fourth-order valence-corrected chi connectivity index (χ4v) is 3.40. The first-order valence-electron chi connectivity index (χ1n) is 11.4. The minimum atomic E-state index is -0.677. The Bertz CT molecular complexity index is 1290. The Morgan fingerprint density at radius 2 is 1.78 bits per heavy atom. The first-order valence-corrected chi connectivity index (χ1v) is 11.4. The van der Waals surface area contributed by atoms with Crippen LogP contribution in [0.2, 0.25) is 0 Å². The van der Waals surface area contributed by atoms with E-state index in [1.54, 1.807) is 0 Å². The predicted molar refractivity (Wildman–Crippen MR) is 134 cm³/mol. The van der Waals surface area contributed by atoms with Gasteiger partial charge in [0.25, 0.3) is 11.5 Å². The fraction of sp³-hybridized carbons (Fsp3) is 0.280. The van der Waals surface area contributed by atoms with E-state index in [2.05, 4.69) is 20.9 Å². The number of nitrogens with zero attached hydrogens (tertiary/aromatic N) is 1. The van der Waals surface area contributed by atoms with Crippen molar-refractivity contribution in [3.8, 4) is 0 Å². The van der Waals surface area contributed by atoms with Crippen LogP contribution < -0.4 is 27.2 Å². The van der Waals surface area contributed by atoms with Crippen LogP contribution in [0.5, 0.6) is 0 Å². The Hall–Kier alpha value is -4.25. The topological polar surface area (TPSA) is 134 Å². The molecule has 0 aliphatic carbocycles. The Morgan fingerprint density at radius 1 is 1.06 bits per heavy atom. The molecule has 3 rings (SSSR count). The molecule has 0 aliphatic heterocycles. The van der Waals surface area contributed by atoms with Crippen LogP contribution in [0.1, 0.15) is 28.8 Å². The molecule has 4 N–H and O–H groups in total. The van der Waals surface area contributed by atoms with Gasteiger partial charge in [-0.05, 0) is 36.2 Å². The molecule has 0 radical (unpaired) electrons. The van der Waals surface area contributed by atoms with Gasteiger partial charge < -0.3 is 20.7 Å². The summed E-state index contributed by atoms with van der Waals surface area (Å²) >= 11 is 0. The number of aromatic nitrogens is 2. The highest BCUT2D eigenvalue weighted by atomic mass is 19.1. The van der Waals surface area contributed by atoms with Gasteiger partial charge in [0.1, 0.15) is 17.3 Å². The standard InChI is InChI=1S/C25H28FN5O5/c1-36-15-14-31-22(21(24(34)30-25(31)35)28-16-17-6-3-2-4-7-17)29-20(32)8-5-13-27-23(33)18-9-11-19(26)12-10-18/h2-4,6-7,9-12,28H,5,8,13-16H2,1H3,(H,27,33)(H,29,32)(H,30,34,35). The summed E-state index contributed by atoms with van der Waals surface area (Å²) in [5, 5.41) is 8.34. The zero-order valence-electron chi connectivity index (χ0n) is 19.8. The molecule has 0 atom stereocenters. The van der Waals surface area contributed by atoms with Crippen LogP contribution in [0.3, 0.4) is 0 Å². The second-order valence-corrected chi connectivity index (χ2v) is 7.88. The second-order valence-electron chi connectivity index (χ2n) is 7.88. The van der Waals surface area contributed by atoms with E-state index in [1.807, 2.05) is 30.3 Å². The summed E-state index contributed by atoms with van der Waals surface area (Å²) in [5.74, 6) is -1.22. The Labute approximate surface area is 206 Å². The van der Waals surface area contributed by atoms with Gasteiger partial charge in [-0.1, -0.05) is 30.3 Å². The van der Waals surface area contributed by atoms with Crippen LogP contribution >= 0.6 is 0 Å². The van der Waals surface area contributed by atoms with Gasteiger partial charge in [0, 0.05) is 32.2 Å². The van der Waals surface area contributed by atoms with Crippen LogP contribution in [0.25, 0.3) is 0 Å². The monoisotopic (exact) mass is 497 g/mol. The highest BCUT2D eigenvalue weighted by molar-refractivity contribution is 5.94. The Morgan fingerprint density at radius 3 is 2.47 bits per heavy atom. The number of anilines is 2. The molecule has 11 heteroatoms. The smallest absolute Gasteiger partial charge is 0.330 e. The molecule has 0 bridgehead atoms. The molecule has 3 aromatic rings. The number of halogens is 1. The Kier molecular flexibility index (Phi) is 9.52. The summed E-state index contributed by atoms with van der Waals surface area (Å²) in [7, 11) is 1.48. The zero-order valence-corrected chi connectivity index (χ0v) is 19.8. The molecule has 0 unspecified atom stereocenters. The van der Waals surface area contributed by atoms with Gasteiger partial charge in [-0.2, -0.15) is 0 Å². The van der Waals surface area contributed by atoms with E-state index in [9.17, 15) is 23.6 Å². The molecular formula is C25H28FN5O5. The van der Waals surface area contributed by atoms with E-state index in [0.29, 0.717) is 18.5 Å². The van der Waals surface area contributed by atoms with Gasteiger partial charge in [-0.25, -0.2) is 9.18 Å². The number of H-pyrrole nitrogens is 1. The molecule has 0 aliphatic rings. The maximum absolute atomic E-state index is 13.0. The number of methoxy groups -OCH3 is 1. The lowest BCUT2D eigenvalue weighted by molar-refractivity contribution is -0.116. The highest BCUT2D eigenvalue weighted by Gasteiger charge is 2.17. The molecular weight excluding hydrogens is 469 g/mol. The molecule has 1 aromatic heterocycles. The number of ether oxygens (including phenoxy) is 1. The summed E-state index contributed by atoms with van der Waals surface area (Å²) in [6, 6.07) is 14.5. The van der Waals surface area contributed by atoms with Gasteiger partial charge in [-0.15, -0.1) is 0 Å². The number of hydrogen-bond acceptors (Lipinski definition) is 6. The van der Waals surface area contributed by atoms with Crippen molar-refractivity contribution in [3.63, 3.8) is 0 Å². The SMILES string of the molecule is COCCn1c(NC(=O)CCCNC(=O)c2ccc(F)cc2)c(NCc2ccccc2)c(=O)[nH]c1=O. The molecule has 190 valence electrons. The van der Waals surface area contributed by atoms with Gasteiger partial charge in [0.15, 0.2) is 0 Å². The van der Waals surface area contributed by atoms with E-state index < -0.39 is 23.0 Å². The van der Waals surface area contributed by atoms with E-state index in [1.165, 1.54) is 35.9 Å². The highest BCUT2D eigenvalue weighted by Crippen LogP contribution is 2.17. The van der Waals surface area contributed by atoms with Crippen LogP contribution in [0, 0.1) is 5.82 Å². The summed E-state index contributed by atoms with van der Waals surface area (Å²) in [5.41, 5.74) is -0.0791. The lowest BCUT2D eigenvalue weighted by Crippen LogP contribution is -2.36. The molecule has 0 fully saturated rings. The Balaban J connectivity index is 1.67. The predicted octanol–water partition coefficient (Wildman–Crippen LogP) is 2.08. The normalized spacial score (nSPS) is 10.6. The van der Waals surface area contributed by atoms with Crippen LogP contribution in [0.15, 0.2) is 64.2 Å². The second kappa shape index (κ2) is 13.0. The first kappa shape index (κ1) is 26.4. The van der Waals surface area contributed by atoms with Crippen molar-refractivity contribution in [2.24, 2.45) is 0 Å². The lowest BCUT2D eigenvalue weighted by Gasteiger charge is -2.18. The molecule has 2 amide bonds. The van der Waals surface area contributed by atoms with Crippen molar-refractivity contribution in [1.82, 2.24) is 14.9 Å². The molecule has 2 aromatic carbocycles. The first-order chi connectivity index (χ1) is 17.4. The van der Waals surface area contributed by atoms with Crippen molar-refractivity contribution in [2.75, 3.05) is 30.9 Å². The number of hydrogen-bond donors (Lipinski definition) is 4. The lowest BCUT2D eigenvalue weighted by atomic mass is 10.2. The van der Waals surface area contributed by atoms with E-state index in [0.717, 1.165) is 5.56 Å². The summed E-state index contributed by atoms with van der Waals surface area (Å²) in [6.07, 6.45) is 0.324. The third kappa shape index (κ3) is 7.37. The van der Waals surface area contributed by atoms with Crippen molar-refractivity contribution in [2.45, 2.75) is 25.9 Å². The van der Waals surface area contributed by atoms with E-state index in [4.69, 9.17) is 4.74 Å². The minimum Gasteiger partial charge on any atom is -0.383 e.